The largest absolute Gasteiger partial charge is 0.307 e. The van der Waals surface area contributed by atoms with E-state index in [-0.39, 0.29) is 0 Å². The predicted octanol–water partition coefficient (Wildman–Crippen LogP) is 2.39. The van der Waals surface area contributed by atoms with E-state index in [4.69, 9.17) is 11.6 Å². The van der Waals surface area contributed by atoms with E-state index in [0.717, 1.165) is 17.9 Å². The molecule has 1 atom stereocenters. The molecule has 0 fully saturated rings. The summed E-state index contributed by atoms with van der Waals surface area (Å²) >= 11 is 5.82. The maximum atomic E-state index is 5.82. The van der Waals surface area contributed by atoms with Gasteiger partial charge in [0.1, 0.15) is 5.65 Å². The molecule has 0 N–H and O–H groups in total. The van der Waals surface area contributed by atoms with Crippen molar-refractivity contribution in [3.63, 3.8) is 0 Å². The summed E-state index contributed by atoms with van der Waals surface area (Å²) in [7, 11) is 2.07. The number of halogens is 1. The second kappa shape index (κ2) is 4.85. The molecule has 3 nitrogen and oxygen atoms in total. The number of pyridine rings is 1. The van der Waals surface area contributed by atoms with Gasteiger partial charge in [0.25, 0.3) is 0 Å². The molecule has 16 heavy (non-hydrogen) atoms. The number of imidazole rings is 1. The van der Waals surface area contributed by atoms with Gasteiger partial charge in [-0.15, -0.1) is 11.6 Å². The maximum Gasteiger partial charge on any atom is 0.137 e. The van der Waals surface area contributed by atoms with Crippen LogP contribution in [0.15, 0.2) is 30.6 Å². The standard InChI is InChI=1S/C12H16ClN3/c1-10(7-13)15(2)8-11-9-16-6-4-3-5-12(16)14-11/h3-6,9-10H,7-8H2,1-2H3. The topological polar surface area (TPSA) is 20.5 Å². The molecule has 2 aromatic rings. The van der Waals surface area contributed by atoms with Gasteiger partial charge >= 0.3 is 0 Å². The van der Waals surface area contributed by atoms with Crippen LogP contribution >= 0.6 is 11.6 Å². The molecular formula is C12H16ClN3. The first-order valence-electron chi connectivity index (χ1n) is 5.39. The van der Waals surface area contributed by atoms with Gasteiger partial charge in [0.15, 0.2) is 0 Å². The van der Waals surface area contributed by atoms with Gasteiger partial charge in [0.05, 0.1) is 5.69 Å². The quantitative estimate of drug-likeness (QED) is 0.762. The second-order valence-corrected chi connectivity index (χ2v) is 4.43. The number of aromatic nitrogens is 2. The van der Waals surface area contributed by atoms with Gasteiger partial charge in [-0.2, -0.15) is 0 Å². The van der Waals surface area contributed by atoms with Crippen molar-refractivity contribution in [2.75, 3.05) is 12.9 Å². The zero-order chi connectivity index (χ0) is 11.5. The minimum atomic E-state index is 0.367. The van der Waals surface area contributed by atoms with E-state index < -0.39 is 0 Å². The molecule has 0 aromatic carbocycles. The van der Waals surface area contributed by atoms with Crippen LogP contribution in [0.4, 0.5) is 0 Å². The summed E-state index contributed by atoms with van der Waals surface area (Å²) < 4.78 is 2.04. The first-order valence-corrected chi connectivity index (χ1v) is 5.93. The molecule has 0 amide bonds. The summed E-state index contributed by atoms with van der Waals surface area (Å²) in [5.74, 6) is 0.643. The lowest BCUT2D eigenvalue weighted by Gasteiger charge is -2.21. The molecule has 2 rings (SSSR count). The van der Waals surface area contributed by atoms with Crippen molar-refractivity contribution >= 4 is 17.2 Å². The van der Waals surface area contributed by atoms with Gasteiger partial charge in [0.2, 0.25) is 0 Å². The van der Waals surface area contributed by atoms with Crippen LogP contribution in [0.25, 0.3) is 5.65 Å². The predicted molar refractivity (Wildman–Crippen MR) is 66.8 cm³/mol. The summed E-state index contributed by atoms with van der Waals surface area (Å²) in [6.45, 7) is 2.94. The third kappa shape index (κ3) is 2.36. The lowest BCUT2D eigenvalue weighted by atomic mass is 10.3. The van der Waals surface area contributed by atoms with Crippen molar-refractivity contribution in [3.8, 4) is 0 Å². The van der Waals surface area contributed by atoms with Gasteiger partial charge in [-0.3, -0.25) is 4.90 Å². The number of fused-ring (bicyclic) bond motifs is 1. The van der Waals surface area contributed by atoms with E-state index in [0.29, 0.717) is 11.9 Å². The highest BCUT2D eigenvalue weighted by atomic mass is 35.5. The number of alkyl halides is 1. The number of hydrogen-bond donors (Lipinski definition) is 0. The maximum absolute atomic E-state index is 5.82. The first-order chi connectivity index (χ1) is 7.70. The monoisotopic (exact) mass is 237 g/mol. The molecule has 0 aliphatic rings. The molecule has 2 heterocycles. The summed E-state index contributed by atoms with van der Waals surface area (Å²) in [6, 6.07) is 6.38. The van der Waals surface area contributed by atoms with Gasteiger partial charge < -0.3 is 4.40 Å². The average molecular weight is 238 g/mol. The first kappa shape index (κ1) is 11.4. The molecule has 0 bridgehead atoms. The highest BCUT2D eigenvalue weighted by Crippen LogP contribution is 2.08. The van der Waals surface area contributed by atoms with E-state index in [1.807, 2.05) is 28.8 Å². The van der Waals surface area contributed by atoms with Gasteiger partial charge in [0, 0.05) is 30.9 Å². The minimum absolute atomic E-state index is 0.367. The van der Waals surface area contributed by atoms with Crippen molar-refractivity contribution in [3.05, 3.63) is 36.3 Å². The molecule has 4 heteroatoms. The molecule has 2 aromatic heterocycles. The second-order valence-electron chi connectivity index (χ2n) is 4.12. The molecule has 0 aliphatic carbocycles. The third-order valence-electron chi connectivity index (χ3n) is 2.80. The van der Waals surface area contributed by atoms with Crippen LogP contribution in [0.5, 0.6) is 0 Å². The average Bonchev–Trinajstić information content (AvgIpc) is 2.69. The van der Waals surface area contributed by atoms with Crippen LogP contribution in [0.3, 0.4) is 0 Å². The zero-order valence-corrected chi connectivity index (χ0v) is 10.4. The van der Waals surface area contributed by atoms with Crippen LogP contribution in [0, 0.1) is 0 Å². The number of nitrogens with zero attached hydrogens (tertiary/aromatic N) is 3. The van der Waals surface area contributed by atoms with E-state index in [2.05, 4.69) is 30.1 Å². The van der Waals surface area contributed by atoms with Crippen LogP contribution < -0.4 is 0 Å². The fraction of sp³-hybridized carbons (Fsp3) is 0.417. The summed E-state index contributed by atoms with van der Waals surface area (Å²) in [6.07, 6.45) is 4.07. The Morgan fingerprint density at radius 3 is 3.00 bits per heavy atom. The molecule has 0 aliphatic heterocycles. The number of rotatable bonds is 4. The molecule has 0 spiro atoms. The lowest BCUT2D eigenvalue weighted by Crippen LogP contribution is -2.29. The zero-order valence-electron chi connectivity index (χ0n) is 9.60. The van der Waals surface area contributed by atoms with Crippen molar-refractivity contribution in [1.29, 1.82) is 0 Å². The smallest absolute Gasteiger partial charge is 0.137 e. The van der Waals surface area contributed by atoms with Crippen molar-refractivity contribution < 1.29 is 0 Å². The SMILES string of the molecule is CC(CCl)N(C)Cc1cn2ccccc2n1. The van der Waals surface area contributed by atoms with E-state index in [1.165, 1.54) is 0 Å². The molecular weight excluding hydrogens is 222 g/mol. The van der Waals surface area contributed by atoms with Crippen LogP contribution in [0.2, 0.25) is 0 Å². The number of hydrogen-bond acceptors (Lipinski definition) is 2. The molecule has 0 saturated heterocycles. The third-order valence-corrected chi connectivity index (χ3v) is 3.25. The Hall–Kier alpha value is -1.06. The molecule has 1 unspecified atom stereocenters. The Bertz CT molecular complexity index is 433. The Labute approximate surface area is 101 Å². The molecule has 0 saturated carbocycles. The van der Waals surface area contributed by atoms with Gasteiger partial charge in [-0.25, -0.2) is 4.98 Å². The lowest BCUT2D eigenvalue weighted by molar-refractivity contribution is 0.266. The fourth-order valence-corrected chi connectivity index (χ4v) is 1.83. The van der Waals surface area contributed by atoms with Crippen LogP contribution in [-0.2, 0) is 6.54 Å². The molecule has 0 radical (unpaired) electrons. The Balaban J connectivity index is 2.15. The van der Waals surface area contributed by atoms with Gasteiger partial charge in [-0.05, 0) is 26.1 Å². The van der Waals surface area contributed by atoms with Crippen molar-refractivity contribution in [1.82, 2.24) is 14.3 Å². The summed E-state index contributed by atoms with van der Waals surface area (Å²) in [5, 5.41) is 0. The van der Waals surface area contributed by atoms with Crippen LogP contribution in [-0.4, -0.2) is 33.3 Å². The minimum Gasteiger partial charge on any atom is -0.307 e. The Morgan fingerprint density at radius 2 is 2.31 bits per heavy atom. The van der Waals surface area contributed by atoms with E-state index >= 15 is 0 Å². The highest BCUT2D eigenvalue weighted by molar-refractivity contribution is 6.18. The Kier molecular flexibility index (Phi) is 3.46. The van der Waals surface area contributed by atoms with Crippen molar-refractivity contribution in [2.24, 2.45) is 0 Å². The van der Waals surface area contributed by atoms with E-state index in [1.54, 1.807) is 0 Å². The fourth-order valence-electron chi connectivity index (χ4n) is 1.59. The van der Waals surface area contributed by atoms with Gasteiger partial charge in [-0.1, -0.05) is 6.07 Å². The van der Waals surface area contributed by atoms with Crippen molar-refractivity contribution in [2.45, 2.75) is 19.5 Å². The normalized spacial score (nSPS) is 13.5. The van der Waals surface area contributed by atoms with Crippen LogP contribution in [0.1, 0.15) is 12.6 Å². The molecule has 86 valence electrons. The van der Waals surface area contributed by atoms with E-state index in [9.17, 15) is 0 Å². The highest BCUT2D eigenvalue weighted by Gasteiger charge is 2.10. The summed E-state index contributed by atoms with van der Waals surface area (Å²) in [5.41, 5.74) is 2.06. The Morgan fingerprint density at radius 1 is 1.50 bits per heavy atom. The summed E-state index contributed by atoms with van der Waals surface area (Å²) in [4.78, 5) is 6.75.